The fourth-order valence-electron chi connectivity index (χ4n) is 1.53. The zero-order valence-corrected chi connectivity index (χ0v) is 11.9. The Hall–Kier alpha value is -1.38. The molecule has 102 valence electrons. The van der Waals surface area contributed by atoms with E-state index in [-0.39, 0.29) is 5.82 Å². The molecule has 0 aliphatic rings. The predicted octanol–water partition coefficient (Wildman–Crippen LogP) is 1.30. The van der Waals surface area contributed by atoms with Gasteiger partial charge in [-0.05, 0) is 28.6 Å². The number of rotatable bonds is 6. The monoisotopic (exact) mass is 329 g/mol. The van der Waals surface area contributed by atoms with Gasteiger partial charge in [0.2, 0.25) is 0 Å². The Morgan fingerprint density at radius 1 is 1.47 bits per heavy atom. The van der Waals surface area contributed by atoms with Crippen molar-refractivity contribution in [2.45, 2.75) is 6.54 Å². The lowest BCUT2D eigenvalue weighted by molar-refractivity contribution is 0.199. The summed E-state index contributed by atoms with van der Waals surface area (Å²) >= 11 is 3.21. The number of aromatic nitrogens is 4. The minimum absolute atomic E-state index is 0.316. The zero-order chi connectivity index (χ0) is 13.7. The van der Waals surface area contributed by atoms with E-state index in [1.54, 1.807) is 19.2 Å². The fraction of sp³-hybridized carbons (Fsp3) is 0.364. The van der Waals surface area contributed by atoms with Crippen LogP contribution in [-0.2, 0) is 11.3 Å². The molecule has 1 aromatic heterocycles. The molecular formula is C11H13BrFN5O. The molecule has 0 saturated heterocycles. The Morgan fingerprint density at radius 3 is 3.05 bits per heavy atom. The van der Waals surface area contributed by atoms with Gasteiger partial charge in [0.05, 0.1) is 13.2 Å². The molecule has 6 nitrogen and oxygen atoms in total. The average Bonchev–Trinajstić information content (AvgIpc) is 2.83. The topological polar surface area (TPSA) is 64.9 Å². The lowest BCUT2D eigenvalue weighted by Crippen LogP contribution is -2.21. The van der Waals surface area contributed by atoms with Crippen LogP contribution in [0.5, 0.6) is 0 Å². The molecule has 0 spiro atoms. The van der Waals surface area contributed by atoms with E-state index in [1.807, 2.05) is 0 Å². The van der Waals surface area contributed by atoms with Gasteiger partial charge in [-0.2, -0.15) is 4.68 Å². The van der Waals surface area contributed by atoms with E-state index < -0.39 is 0 Å². The van der Waals surface area contributed by atoms with E-state index in [0.29, 0.717) is 35.7 Å². The molecule has 0 atom stereocenters. The number of tetrazole rings is 1. The van der Waals surface area contributed by atoms with Crippen LogP contribution in [0.3, 0.4) is 0 Å². The van der Waals surface area contributed by atoms with E-state index in [4.69, 9.17) is 4.74 Å². The van der Waals surface area contributed by atoms with Gasteiger partial charge in [0.15, 0.2) is 5.82 Å². The van der Waals surface area contributed by atoms with Crippen molar-refractivity contribution in [3.05, 3.63) is 34.3 Å². The fourth-order valence-corrected chi connectivity index (χ4v) is 1.86. The molecular weight excluding hydrogens is 317 g/mol. The smallest absolute Gasteiger partial charge is 0.170 e. The van der Waals surface area contributed by atoms with Gasteiger partial charge >= 0.3 is 0 Å². The third kappa shape index (κ3) is 3.55. The maximum atomic E-state index is 13.8. The zero-order valence-electron chi connectivity index (χ0n) is 10.3. The summed E-state index contributed by atoms with van der Waals surface area (Å²) in [6, 6.07) is 4.73. The molecule has 2 aromatic rings. The summed E-state index contributed by atoms with van der Waals surface area (Å²) in [6.07, 6.45) is 0. The minimum atomic E-state index is -0.389. The molecule has 19 heavy (non-hydrogen) atoms. The molecule has 8 heteroatoms. The van der Waals surface area contributed by atoms with Gasteiger partial charge in [0, 0.05) is 18.1 Å². The molecule has 1 N–H and O–H groups in total. The summed E-state index contributed by atoms with van der Waals surface area (Å²) in [7, 11) is 1.63. The van der Waals surface area contributed by atoms with Gasteiger partial charge in [-0.25, -0.2) is 4.39 Å². The van der Waals surface area contributed by atoms with Gasteiger partial charge < -0.3 is 10.1 Å². The highest BCUT2D eigenvalue weighted by molar-refractivity contribution is 9.10. The van der Waals surface area contributed by atoms with E-state index in [2.05, 4.69) is 36.8 Å². The second kappa shape index (κ2) is 6.69. The van der Waals surface area contributed by atoms with Gasteiger partial charge in [0.1, 0.15) is 11.5 Å². The van der Waals surface area contributed by atoms with E-state index in [1.165, 1.54) is 10.7 Å². The third-order valence-corrected chi connectivity index (χ3v) is 2.93. The first-order chi connectivity index (χ1) is 9.22. The first-order valence-corrected chi connectivity index (χ1v) is 6.44. The second-order valence-electron chi connectivity index (χ2n) is 3.77. The SMILES string of the molecule is COCCNCc1nnnn1-c1ccc(Br)cc1F. The largest absolute Gasteiger partial charge is 0.383 e. The first-order valence-electron chi connectivity index (χ1n) is 5.64. The van der Waals surface area contributed by atoms with Crippen LogP contribution in [0.25, 0.3) is 5.69 Å². The lowest BCUT2D eigenvalue weighted by Gasteiger charge is -2.07. The summed E-state index contributed by atoms with van der Waals surface area (Å²) in [4.78, 5) is 0. The molecule has 0 unspecified atom stereocenters. The van der Waals surface area contributed by atoms with Crippen LogP contribution < -0.4 is 5.32 Å². The molecule has 2 rings (SSSR count). The lowest BCUT2D eigenvalue weighted by atomic mass is 10.3. The van der Waals surface area contributed by atoms with Crippen LogP contribution in [0.4, 0.5) is 4.39 Å². The molecule has 0 aliphatic heterocycles. The molecule has 0 saturated carbocycles. The quantitative estimate of drug-likeness (QED) is 0.809. The van der Waals surface area contributed by atoms with Crippen molar-refractivity contribution in [3.8, 4) is 5.69 Å². The summed E-state index contributed by atoms with van der Waals surface area (Å²) in [5.74, 6) is 0.150. The molecule has 0 bridgehead atoms. The van der Waals surface area contributed by atoms with E-state index in [9.17, 15) is 4.39 Å². The number of benzene rings is 1. The number of hydrogen-bond acceptors (Lipinski definition) is 5. The Labute approximate surface area is 118 Å². The third-order valence-electron chi connectivity index (χ3n) is 2.44. The number of hydrogen-bond donors (Lipinski definition) is 1. The van der Waals surface area contributed by atoms with Crippen molar-refractivity contribution in [2.24, 2.45) is 0 Å². The molecule has 0 aliphatic carbocycles. The number of halogens is 2. The number of nitrogens with one attached hydrogen (secondary N) is 1. The first kappa shape index (κ1) is 14.0. The average molecular weight is 330 g/mol. The van der Waals surface area contributed by atoms with Crippen LogP contribution in [-0.4, -0.2) is 40.5 Å². The highest BCUT2D eigenvalue weighted by Gasteiger charge is 2.12. The standard InChI is InChI=1S/C11H13BrFN5O/c1-19-5-4-14-7-11-15-16-17-18(11)10-3-2-8(12)6-9(10)13/h2-3,6,14H,4-5,7H2,1H3. The van der Waals surface area contributed by atoms with Crippen molar-refractivity contribution in [3.63, 3.8) is 0 Å². The van der Waals surface area contributed by atoms with E-state index >= 15 is 0 Å². The van der Waals surface area contributed by atoms with Gasteiger partial charge in [-0.3, -0.25) is 0 Å². The highest BCUT2D eigenvalue weighted by Crippen LogP contribution is 2.18. The van der Waals surface area contributed by atoms with Gasteiger partial charge in [0.25, 0.3) is 0 Å². The van der Waals surface area contributed by atoms with Crippen LogP contribution in [0.15, 0.2) is 22.7 Å². The van der Waals surface area contributed by atoms with Gasteiger partial charge in [-0.1, -0.05) is 15.9 Å². The predicted molar refractivity (Wildman–Crippen MR) is 70.4 cm³/mol. The molecule has 0 fully saturated rings. The van der Waals surface area contributed by atoms with Crippen molar-refractivity contribution in [1.29, 1.82) is 0 Å². The Kier molecular flexibility index (Phi) is 4.94. The van der Waals surface area contributed by atoms with Crippen LogP contribution >= 0.6 is 15.9 Å². The number of methoxy groups -OCH3 is 1. The molecule has 1 aromatic carbocycles. The normalized spacial score (nSPS) is 10.9. The maximum absolute atomic E-state index is 13.8. The number of ether oxygens (including phenoxy) is 1. The van der Waals surface area contributed by atoms with Crippen LogP contribution in [0, 0.1) is 5.82 Å². The highest BCUT2D eigenvalue weighted by atomic mass is 79.9. The van der Waals surface area contributed by atoms with E-state index in [0.717, 1.165) is 0 Å². The molecule has 1 heterocycles. The Morgan fingerprint density at radius 2 is 2.32 bits per heavy atom. The van der Waals surface area contributed by atoms with Crippen molar-refractivity contribution < 1.29 is 9.13 Å². The second-order valence-corrected chi connectivity index (χ2v) is 4.69. The van der Waals surface area contributed by atoms with Crippen molar-refractivity contribution in [2.75, 3.05) is 20.3 Å². The summed E-state index contributed by atoms with van der Waals surface area (Å²) in [6.45, 7) is 1.70. The van der Waals surface area contributed by atoms with Crippen LogP contribution in [0.2, 0.25) is 0 Å². The summed E-state index contributed by atoms with van der Waals surface area (Å²) < 4.78 is 20.8. The molecule has 0 amide bonds. The van der Waals surface area contributed by atoms with Crippen molar-refractivity contribution >= 4 is 15.9 Å². The number of nitrogens with zero attached hydrogens (tertiary/aromatic N) is 4. The van der Waals surface area contributed by atoms with Crippen molar-refractivity contribution in [1.82, 2.24) is 25.5 Å². The summed E-state index contributed by atoms with van der Waals surface area (Å²) in [5.41, 5.74) is 0.316. The Balaban J connectivity index is 2.14. The Bertz CT molecular complexity index is 548. The molecule has 0 radical (unpaired) electrons. The summed E-state index contributed by atoms with van der Waals surface area (Å²) in [5, 5.41) is 14.4. The van der Waals surface area contributed by atoms with Crippen LogP contribution in [0.1, 0.15) is 5.82 Å². The maximum Gasteiger partial charge on any atom is 0.170 e. The minimum Gasteiger partial charge on any atom is -0.383 e. The van der Waals surface area contributed by atoms with Gasteiger partial charge in [-0.15, -0.1) is 5.10 Å².